The Balaban J connectivity index is 2.00. The van der Waals surface area contributed by atoms with Crippen LogP contribution in [-0.2, 0) is 6.54 Å². The van der Waals surface area contributed by atoms with Crippen LogP contribution in [0.3, 0.4) is 0 Å². The van der Waals surface area contributed by atoms with Gasteiger partial charge in [-0.3, -0.25) is 9.89 Å². The van der Waals surface area contributed by atoms with E-state index in [4.69, 9.17) is 0 Å². The number of carbonyl (C=O) groups excluding carboxylic acids is 1. The predicted molar refractivity (Wildman–Crippen MR) is 70.4 cm³/mol. The lowest BCUT2D eigenvalue weighted by Crippen LogP contribution is -2.12. The number of benzene rings is 1. The van der Waals surface area contributed by atoms with Crippen LogP contribution in [0.4, 0.5) is 5.69 Å². The maximum atomic E-state index is 11.8. The highest BCUT2D eigenvalue weighted by Gasteiger charge is 2.06. The first-order chi connectivity index (χ1) is 8.65. The zero-order chi connectivity index (χ0) is 13.0. The molecular formula is C13H16N4O. The molecule has 1 aromatic carbocycles. The Kier molecular flexibility index (Phi) is 3.74. The van der Waals surface area contributed by atoms with Crippen molar-refractivity contribution in [1.29, 1.82) is 0 Å². The highest BCUT2D eigenvalue weighted by Crippen LogP contribution is 2.11. The Labute approximate surface area is 106 Å². The van der Waals surface area contributed by atoms with Crippen LogP contribution in [0.15, 0.2) is 36.7 Å². The monoisotopic (exact) mass is 244 g/mol. The van der Waals surface area contributed by atoms with Crippen LogP contribution >= 0.6 is 0 Å². The molecule has 18 heavy (non-hydrogen) atoms. The SMILES string of the molecule is CN(C)Cc1ccc(NC(=O)c2cn[nH]c2)cc1. The number of aromatic amines is 1. The van der Waals surface area contributed by atoms with Crippen molar-refractivity contribution in [1.82, 2.24) is 15.1 Å². The van der Waals surface area contributed by atoms with Gasteiger partial charge in [0.05, 0.1) is 11.8 Å². The number of nitrogens with one attached hydrogen (secondary N) is 2. The summed E-state index contributed by atoms with van der Waals surface area (Å²) in [7, 11) is 4.04. The van der Waals surface area contributed by atoms with Gasteiger partial charge in [0, 0.05) is 18.4 Å². The maximum Gasteiger partial charge on any atom is 0.258 e. The minimum atomic E-state index is -0.163. The molecule has 0 fully saturated rings. The van der Waals surface area contributed by atoms with Crippen LogP contribution in [0, 0.1) is 0 Å². The Morgan fingerprint density at radius 1 is 1.33 bits per heavy atom. The molecule has 94 valence electrons. The van der Waals surface area contributed by atoms with Gasteiger partial charge in [0.15, 0.2) is 0 Å². The summed E-state index contributed by atoms with van der Waals surface area (Å²) in [6.07, 6.45) is 3.06. The minimum Gasteiger partial charge on any atom is -0.322 e. The summed E-state index contributed by atoms with van der Waals surface area (Å²) in [6.45, 7) is 0.885. The molecule has 0 spiro atoms. The fourth-order valence-corrected chi connectivity index (χ4v) is 1.64. The molecule has 5 heteroatoms. The van der Waals surface area contributed by atoms with Crippen LogP contribution < -0.4 is 5.32 Å². The second kappa shape index (κ2) is 5.46. The average Bonchev–Trinajstić information content (AvgIpc) is 2.84. The molecule has 0 unspecified atom stereocenters. The molecule has 1 aromatic heterocycles. The molecule has 2 aromatic rings. The molecule has 0 saturated heterocycles. The summed E-state index contributed by atoms with van der Waals surface area (Å²) < 4.78 is 0. The van der Waals surface area contributed by atoms with Gasteiger partial charge in [0.1, 0.15) is 0 Å². The molecule has 2 N–H and O–H groups in total. The molecule has 0 radical (unpaired) electrons. The first-order valence-electron chi connectivity index (χ1n) is 5.69. The third kappa shape index (κ3) is 3.18. The van der Waals surface area contributed by atoms with E-state index in [0.29, 0.717) is 5.56 Å². The summed E-state index contributed by atoms with van der Waals surface area (Å²) in [4.78, 5) is 13.9. The van der Waals surface area contributed by atoms with Crippen LogP contribution in [0.2, 0.25) is 0 Å². The fourth-order valence-electron chi connectivity index (χ4n) is 1.64. The molecule has 2 rings (SSSR count). The zero-order valence-corrected chi connectivity index (χ0v) is 10.5. The van der Waals surface area contributed by atoms with Crippen molar-refractivity contribution in [3.63, 3.8) is 0 Å². The van der Waals surface area contributed by atoms with Crippen molar-refractivity contribution >= 4 is 11.6 Å². The Hall–Kier alpha value is -2.14. The lowest BCUT2D eigenvalue weighted by molar-refractivity contribution is 0.102. The first-order valence-corrected chi connectivity index (χ1v) is 5.69. The topological polar surface area (TPSA) is 61.0 Å². The van der Waals surface area contributed by atoms with Crippen LogP contribution in [0.1, 0.15) is 15.9 Å². The van der Waals surface area contributed by atoms with Crippen molar-refractivity contribution < 1.29 is 4.79 Å². The summed E-state index contributed by atoms with van der Waals surface area (Å²) in [6, 6.07) is 7.81. The van der Waals surface area contributed by atoms with Gasteiger partial charge in [-0.2, -0.15) is 5.10 Å². The number of carbonyl (C=O) groups is 1. The number of rotatable bonds is 4. The van der Waals surface area contributed by atoms with Gasteiger partial charge < -0.3 is 10.2 Å². The molecule has 0 saturated carbocycles. The number of aromatic nitrogens is 2. The highest BCUT2D eigenvalue weighted by atomic mass is 16.1. The molecule has 5 nitrogen and oxygen atoms in total. The number of anilines is 1. The molecular weight excluding hydrogens is 228 g/mol. The van der Waals surface area contributed by atoms with E-state index in [9.17, 15) is 4.79 Å². The van der Waals surface area contributed by atoms with Gasteiger partial charge in [-0.25, -0.2) is 0 Å². The average molecular weight is 244 g/mol. The highest BCUT2D eigenvalue weighted by molar-refractivity contribution is 6.03. The van der Waals surface area contributed by atoms with Gasteiger partial charge >= 0.3 is 0 Å². The summed E-state index contributed by atoms with van der Waals surface area (Å²) >= 11 is 0. The Morgan fingerprint density at radius 2 is 2.06 bits per heavy atom. The minimum absolute atomic E-state index is 0.163. The lowest BCUT2D eigenvalue weighted by atomic mass is 10.2. The van der Waals surface area contributed by atoms with Gasteiger partial charge in [-0.15, -0.1) is 0 Å². The number of amides is 1. The number of hydrogen-bond acceptors (Lipinski definition) is 3. The predicted octanol–water partition coefficient (Wildman–Crippen LogP) is 1.72. The van der Waals surface area contributed by atoms with Crippen LogP contribution in [-0.4, -0.2) is 35.1 Å². The molecule has 1 amide bonds. The molecule has 0 aliphatic carbocycles. The molecule has 1 heterocycles. The standard InChI is InChI=1S/C13H16N4O/c1-17(2)9-10-3-5-12(6-4-10)16-13(18)11-7-14-15-8-11/h3-8H,9H2,1-2H3,(H,14,15)(H,16,18). The van der Waals surface area contributed by atoms with E-state index in [-0.39, 0.29) is 5.91 Å². The van der Waals surface area contributed by atoms with Gasteiger partial charge in [-0.05, 0) is 31.8 Å². The zero-order valence-electron chi connectivity index (χ0n) is 10.5. The Bertz CT molecular complexity index is 502. The van der Waals surface area contributed by atoms with E-state index >= 15 is 0 Å². The number of H-pyrrole nitrogens is 1. The molecule has 0 aliphatic heterocycles. The second-order valence-corrected chi connectivity index (χ2v) is 4.38. The van der Waals surface area contributed by atoms with Crippen LogP contribution in [0.5, 0.6) is 0 Å². The van der Waals surface area contributed by atoms with Crippen LogP contribution in [0.25, 0.3) is 0 Å². The second-order valence-electron chi connectivity index (χ2n) is 4.38. The molecule has 0 aliphatic rings. The van der Waals surface area contributed by atoms with E-state index in [1.807, 2.05) is 38.4 Å². The van der Waals surface area contributed by atoms with Crippen molar-refractivity contribution in [3.05, 3.63) is 47.8 Å². The van der Waals surface area contributed by atoms with Gasteiger partial charge in [0.2, 0.25) is 0 Å². The fraction of sp³-hybridized carbons (Fsp3) is 0.231. The van der Waals surface area contributed by atoms with Crippen molar-refractivity contribution in [2.75, 3.05) is 19.4 Å². The molecule has 0 atom stereocenters. The van der Waals surface area contributed by atoms with E-state index in [1.165, 1.54) is 11.8 Å². The van der Waals surface area contributed by atoms with Gasteiger partial charge in [0.25, 0.3) is 5.91 Å². The van der Waals surface area contributed by atoms with Crippen molar-refractivity contribution in [3.8, 4) is 0 Å². The van der Waals surface area contributed by atoms with Gasteiger partial charge in [-0.1, -0.05) is 12.1 Å². The maximum absolute atomic E-state index is 11.8. The Morgan fingerprint density at radius 3 is 2.61 bits per heavy atom. The largest absolute Gasteiger partial charge is 0.322 e. The van der Waals surface area contributed by atoms with Crippen molar-refractivity contribution in [2.24, 2.45) is 0 Å². The van der Waals surface area contributed by atoms with Crippen molar-refractivity contribution in [2.45, 2.75) is 6.54 Å². The van der Waals surface area contributed by atoms with E-state index in [2.05, 4.69) is 20.4 Å². The first kappa shape index (κ1) is 12.3. The summed E-state index contributed by atoms with van der Waals surface area (Å²) in [5.41, 5.74) is 2.51. The number of hydrogen-bond donors (Lipinski definition) is 2. The smallest absolute Gasteiger partial charge is 0.258 e. The van der Waals surface area contributed by atoms with E-state index < -0.39 is 0 Å². The normalized spacial score (nSPS) is 10.6. The summed E-state index contributed by atoms with van der Waals surface area (Å²) in [5.74, 6) is -0.163. The third-order valence-corrected chi connectivity index (χ3v) is 2.47. The number of nitrogens with zero attached hydrogens (tertiary/aromatic N) is 2. The summed E-state index contributed by atoms with van der Waals surface area (Å²) in [5, 5.41) is 9.16. The molecule has 0 bridgehead atoms. The van der Waals surface area contributed by atoms with E-state index in [1.54, 1.807) is 6.20 Å². The quantitative estimate of drug-likeness (QED) is 0.861. The third-order valence-electron chi connectivity index (χ3n) is 2.47. The lowest BCUT2D eigenvalue weighted by Gasteiger charge is -2.10. The van der Waals surface area contributed by atoms with E-state index in [0.717, 1.165) is 12.2 Å².